The first kappa shape index (κ1) is 9.16. The molecule has 1 rings (SSSR count). The lowest BCUT2D eigenvalue weighted by atomic mass is 10.2. The van der Waals surface area contributed by atoms with Gasteiger partial charge in [-0.3, -0.25) is 0 Å². The molecule has 0 saturated carbocycles. The first-order chi connectivity index (χ1) is 5.79. The highest BCUT2D eigenvalue weighted by Gasteiger charge is 2.09. The number of aryl methyl sites for hydroxylation is 2. The number of hydrogen-bond acceptors (Lipinski definition) is 2. The van der Waals surface area contributed by atoms with Crippen LogP contribution in [0.25, 0.3) is 0 Å². The molecular weight excluding hydrogens is 157 g/mol. The predicted molar refractivity (Wildman–Crippen MR) is 44.3 cm³/mol. The molecule has 0 spiro atoms. The summed E-state index contributed by atoms with van der Waals surface area (Å²) in [6.45, 7) is 4.47. The predicted octanol–water partition coefficient (Wildman–Crippen LogP) is 1.78. The first-order valence-corrected chi connectivity index (χ1v) is 4.37. The summed E-state index contributed by atoms with van der Waals surface area (Å²) in [6.07, 6.45) is 2.72. The molecule has 0 unspecified atom stereocenters. The van der Waals surface area contributed by atoms with E-state index in [9.17, 15) is 4.39 Å². The summed E-state index contributed by atoms with van der Waals surface area (Å²) >= 11 is 0. The second-order valence-corrected chi connectivity index (χ2v) is 2.75. The topological polar surface area (TPSA) is 30.7 Å². The second kappa shape index (κ2) is 4.18. The quantitative estimate of drug-likeness (QED) is 0.691. The van der Waals surface area contributed by atoms with Gasteiger partial charge >= 0.3 is 0 Å². The molecule has 4 heteroatoms. The van der Waals surface area contributed by atoms with Gasteiger partial charge in [-0.1, -0.05) is 18.6 Å². The van der Waals surface area contributed by atoms with Gasteiger partial charge in [0.25, 0.3) is 0 Å². The lowest BCUT2D eigenvalue weighted by molar-refractivity contribution is 0.460. The standard InChI is InChI=1S/C8H14FN3/c1-3-5-6-7-8(9)12(4-2)11-10-7/h3-6H2,1-2H3. The van der Waals surface area contributed by atoms with E-state index >= 15 is 0 Å². The van der Waals surface area contributed by atoms with Crippen LogP contribution in [-0.4, -0.2) is 15.0 Å². The van der Waals surface area contributed by atoms with E-state index in [1.807, 2.05) is 6.92 Å². The van der Waals surface area contributed by atoms with E-state index in [1.54, 1.807) is 0 Å². The molecule has 0 bridgehead atoms. The van der Waals surface area contributed by atoms with Crippen LogP contribution in [0.5, 0.6) is 0 Å². The fourth-order valence-electron chi connectivity index (χ4n) is 1.04. The molecule has 0 saturated heterocycles. The van der Waals surface area contributed by atoms with Crippen LogP contribution in [0.3, 0.4) is 0 Å². The maximum Gasteiger partial charge on any atom is 0.234 e. The molecule has 0 aromatic carbocycles. The fraction of sp³-hybridized carbons (Fsp3) is 0.750. The molecule has 0 aliphatic heterocycles. The van der Waals surface area contributed by atoms with Crippen molar-refractivity contribution >= 4 is 0 Å². The first-order valence-electron chi connectivity index (χ1n) is 4.37. The van der Waals surface area contributed by atoms with Crippen molar-refractivity contribution in [2.24, 2.45) is 0 Å². The summed E-state index contributed by atoms with van der Waals surface area (Å²) in [5, 5.41) is 7.44. The minimum absolute atomic E-state index is 0.272. The number of unbranched alkanes of at least 4 members (excludes halogenated alkanes) is 1. The lowest BCUT2D eigenvalue weighted by Crippen LogP contribution is -2.00. The summed E-state index contributed by atoms with van der Waals surface area (Å²) in [5.41, 5.74) is 0.499. The third-order valence-electron chi connectivity index (χ3n) is 1.80. The van der Waals surface area contributed by atoms with E-state index in [4.69, 9.17) is 0 Å². The van der Waals surface area contributed by atoms with Gasteiger partial charge in [0, 0.05) is 6.54 Å². The second-order valence-electron chi connectivity index (χ2n) is 2.75. The highest BCUT2D eigenvalue weighted by atomic mass is 19.1. The summed E-state index contributed by atoms with van der Waals surface area (Å²) in [6, 6.07) is 0. The molecule has 1 heterocycles. The molecule has 3 nitrogen and oxygen atoms in total. The Morgan fingerprint density at radius 2 is 2.17 bits per heavy atom. The Morgan fingerprint density at radius 1 is 1.42 bits per heavy atom. The van der Waals surface area contributed by atoms with Gasteiger partial charge in [-0.25, -0.2) is 4.68 Å². The van der Waals surface area contributed by atoms with Crippen LogP contribution in [-0.2, 0) is 13.0 Å². The zero-order valence-corrected chi connectivity index (χ0v) is 7.55. The van der Waals surface area contributed by atoms with Crippen molar-refractivity contribution in [2.75, 3.05) is 0 Å². The van der Waals surface area contributed by atoms with Crippen molar-refractivity contribution in [1.82, 2.24) is 15.0 Å². The molecular formula is C8H14FN3. The Balaban J connectivity index is 2.66. The van der Waals surface area contributed by atoms with Gasteiger partial charge in [-0.05, 0) is 19.8 Å². The molecule has 0 amide bonds. The zero-order valence-electron chi connectivity index (χ0n) is 7.55. The van der Waals surface area contributed by atoms with Gasteiger partial charge in [0.1, 0.15) is 5.69 Å². The zero-order chi connectivity index (χ0) is 8.97. The highest BCUT2D eigenvalue weighted by Crippen LogP contribution is 2.06. The van der Waals surface area contributed by atoms with Gasteiger partial charge in [0.05, 0.1) is 0 Å². The average Bonchev–Trinajstić information content (AvgIpc) is 2.43. The van der Waals surface area contributed by atoms with Crippen LogP contribution in [0.15, 0.2) is 0 Å². The maximum atomic E-state index is 13.2. The summed E-state index contributed by atoms with van der Waals surface area (Å²) in [5.74, 6) is -0.272. The van der Waals surface area contributed by atoms with Crippen LogP contribution in [0.4, 0.5) is 4.39 Å². The maximum absolute atomic E-state index is 13.2. The molecule has 0 aliphatic carbocycles. The highest BCUT2D eigenvalue weighted by molar-refractivity contribution is 4.95. The van der Waals surface area contributed by atoms with Gasteiger partial charge in [-0.15, -0.1) is 5.10 Å². The number of rotatable bonds is 4. The third kappa shape index (κ3) is 1.81. The van der Waals surface area contributed by atoms with Crippen molar-refractivity contribution < 1.29 is 4.39 Å². The van der Waals surface area contributed by atoms with Crippen LogP contribution >= 0.6 is 0 Å². The van der Waals surface area contributed by atoms with Gasteiger partial charge in [0.15, 0.2) is 0 Å². The van der Waals surface area contributed by atoms with Crippen molar-refractivity contribution in [2.45, 2.75) is 39.7 Å². The van der Waals surface area contributed by atoms with Crippen molar-refractivity contribution in [3.8, 4) is 0 Å². The van der Waals surface area contributed by atoms with E-state index in [-0.39, 0.29) is 5.95 Å². The van der Waals surface area contributed by atoms with E-state index < -0.39 is 0 Å². The van der Waals surface area contributed by atoms with Gasteiger partial charge in [-0.2, -0.15) is 4.39 Å². The fourth-order valence-corrected chi connectivity index (χ4v) is 1.04. The number of nitrogens with zero attached hydrogens (tertiary/aromatic N) is 3. The molecule has 12 heavy (non-hydrogen) atoms. The molecule has 0 radical (unpaired) electrons. The Kier molecular flexibility index (Phi) is 3.19. The lowest BCUT2D eigenvalue weighted by Gasteiger charge is -1.94. The number of halogens is 1. The Hall–Kier alpha value is -0.930. The van der Waals surface area contributed by atoms with E-state index in [0.717, 1.165) is 12.8 Å². The van der Waals surface area contributed by atoms with Crippen molar-refractivity contribution in [3.63, 3.8) is 0 Å². The minimum atomic E-state index is -0.272. The van der Waals surface area contributed by atoms with Gasteiger partial charge in [0.2, 0.25) is 5.95 Å². The summed E-state index contributed by atoms with van der Waals surface area (Å²) in [7, 11) is 0. The van der Waals surface area contributed by atoms with Gasteiger partial charge < -0.3 is 0 Å². The molecule has 0 N–H and O–H groups in total. The van der Waals surface area contributed by atoms with Crippen LogP contribution in [0.2, 0.25) is 0 Å². The SMILES string of the molecule is CCCCc1nnn(CC)c1F. The van der Waals surface area contributed by atoms with Crippen molar-refractivity contribution in [1.29, 1.82) is 0 Å². The normalized spacial score (nSPS) is 10.6. The number of aromatic nitrogens is 3. The summed E-state index contributed by atoms with van der Waals surface area (Å²) < 4.78 is 14.5. The Labute approximate surface area is 71.6 Å². The molecule has 0 atom stereocenters. The average molecular weight is 171 g/mol. The molecule has 0 aliphatic rings. The van der Waals surface area contributed by atoms with Crippen molar-refractivity contribution in [3.05, 3.63) is 11.6 Å². The van der Waals surface area contributed by atoms with Crippen LogP contribution < -0.4 is 0 Å². The van der Waals surface area contributed by atoms with E-state index in [2.05, 4.69) is 17.2 Å². The Bertz CT molecular complexity index is 244. The molecule has 1 aromatic rings. The molecule has 68 valence electrons. The monoisotopic (exact) mass is 171 g/mol. The molecule has 1 aromatic heterocycles. The molecule has 0 fully saturated rings. The Morgan fingerprint density at radius 3 is 2.67 bits per heavy atom. The minimum Gasteiger partial charge on any atom is -0.219 e. The largest absolute Gasteiger partial charge is 0.234 e. The number of hydrogen-bond donors (Lipinski definition) is 0. The smallest absolute Gasteiger partial charge is 0.219 e. The van der Waals surface area contributed by atoms with Crippen LogP contribution in [0.1, 0.15) is 32.4 Å². The van der Waals surface area contributed by atoms with E-state index in [1.165, 1.54) is 4.68 Å². The third-order valence-corrected chi connectivity index (χ3v) is 1.80. The van der Waals surface area contributed by atoms with Crippen LogP contribution in [0, 0.1) is 5.95 Å². The summed E-state index contributed by atoms with van der Waals surface area (Å²) in [4.78, 5) is 0. The van der Waals surface area contributed by atoms with E-state index in [0.29, 0.717) is 18.7 Å².